The molecule has 2 aromatic rings. The molecular formula is C18H18O6S. The fourth-order valence-corrected chi connectivity index (χ4v) is 2.15. The van der Waals surface area contributed by atoms with Gasteiger partial charge in [0.15, 0.2) is 6.61 Å². The topological polar surface area (TPSA) is 99.4 Å². The molecule has 132 valence electrons. The smallest absolute Gasteiger partial charge is 0.204 e. The van der Waals surface area contributed by atoms with Crippen molar-refractivity contribution in [3.63, 3.8) is 0 Å². The van der Waals surface area contributed by atoms with Crippen LogP contribution in [-0.4, -0.2) is 32.1 Å². The number of aryl methyl sites for hydroxylation is 1. The number of hydrogen-bond acceptors (Lipinski definition) is 7. The zero-order chi connectivity index (χ0) is 18.4. The first-order chi connectivity index (χ1) is 11.8. The highest BCUT2D eigenvalue weighted by Crippen LogP contribution is 2.24. The lowest BCUT2D eigenvalue weighted by Gasteiger charge is -2.10. The summed E-state index contributed by atoms with van der Waals surface area (Å²) in [6.07, 6.45) is 1.09. The van der Waals surface area contributed by atoms with Crippen LogP contribution in [-0.2, 0) is 11.2 Å². The first kappa shape index (κ1) is 18.4. The molecule has 0 aromatic heterocycles. The zero-order valence-corrected chi connectivity index (χ0v) is 14.3. The van der Waals surface area contributed by atoms with Gasteiger partial charge in [0.05, 0.1) is 0 Å². The number of phenolic OH excluding ortho intramolecular Hbond substituents is 3. The van der Waals surface area contributed by atoms with Crippen LogP contribution in [0, 0.1) is 6.92 Å². The van der Waals surface area contributed by atoms with Crippen LogP contribution in [0.4, 0.5) is 0 Å². The van der Waals surface area contributed by atoms with Gasteiger partial charge in [-0.15, -0.1) is 0 Å². The first-order valence-corrected chi connectivity index (χ1v) is 7.76. The molecule has 2 rings (SSSR count). The van der Waals surface area contributed by atoms with Crippen molar-refractivity contribution in [2.75, 3.05) is 6.61 Å². The summed E-state index contributed by atoms with van der Waals surface area (Å²) in [7, 11) is 0. The Labute approximate surface area is 150 Å². The number of aliphatic hydroxyl groups is 1. The maximum Gasteiger partial charge on any atom is 0.204 e. The molecular weight excluding hydrogens is 344 g/mol. The maximum absolute atomic E-state index is 9.84. The average molecular weight is 362 g/mol. The molecule has 0 atom stereocenters. The summed E-state index contributed by atoms with van der Waals surface area (Å²) in [6, 6.07) is 8.76. The lowest BCUT2D eigenvalue weighted by atomic mass is 10.1. The van der Waals surface area contributed by atoms with E-state index >= 15 is 0 Å². The Morgan fingerprint density at radius 2 is 1.76 bits per heavy atom. The lowest BCUT2D eigenvalue weighted by molar-refractivity contribution is 0.319. The number of hydrogen-bond donors (Lipinski definition) is 4. The maximum atomic E-state index is 9.84. The van der Waals surface area contributed by atoms with Crippen LogP contribution in [0.15, 0.2) is 48.4 Å². The molecule has 4 N–H and O–H groups in total. The van der Waals surface area contributed by atoms with Crippen molar-refractivity contribution in [2.24, 2.45) is 0 Å². The molecule has 0 saturated heterocycles. The third-order valence-corrected chi connectivity index (χ3v) is 3.48. The number of thiocarbonyl (C=S) groups is 1. The van der Waals surface area contributed by atoms with Gasteiger partial charge in [-0.3, -0.25) is 0 Å². The number of phenols is 3. The van der Waals surface area contributed by atoms with Crippen molar-refractivity contribution in [1.82, 2.24) is 0 Å². The number of allylic oxidation sites excluding steroid dienone is 1. The van der Waals surface area contributed by atoms with E-state index in [-0.39, 0.29) is 41.1 Å². The Balaban J connectivity index is 1.86. The van der Waals surface area contributed by atoms with Gasteiger partial charge in [-0.2, -0.15) is 0 Å². The van der Waals surface area contributed by atoms with E-state index in [4.69, 9.17) is 21.7 Å². The van der Waals surface area contributed by atoms with Gasteiger partial charge in [-0.1, -0.05) is 6.07 Å². The fraction of sp³-hybridized carbons (Fsp3) is 0.167. The van der Waals surface area contributed by atoms with E-state index in [1.54, 1.807) is 19.1 Å². The first-order valence-electron chi connectivity index (χ1n) is 7.36. The van der Waals surface area contributed by atoms with Gasteiger partial charge >= 0.3 is 0 Å². The van der Waals surface area contributed by atoms with Gasteiger partial charge in [0.1, 0.15) is 35.0 Å². The van der Waals surface area contributed by atoms with Crippen molar-refractivity contribution in [1.29, 1.82) is 0 Å². The molecule has 0 fully saturated rings. The molecule has 0 unspecified atom stereocenters. The number of aromatic hydroxyl groups is 3. The molecule has 6 nitrogen and oxygen atoms in total. The molecule has 25 heavy (non-hydrogen) atoms. The number of rotatable bonds is 6. The molecule has 0 aliphatic rings. The van der Waals surface area contributed by atoms with E-state index in [1.807, 2.05) is 0 Å². The Hall–Kier alpha value is -2.93. The van der Waals surface area contributed by atoms with Gasteiger partial charge in [-0.05, 0) is 49.0 Å². The summed E-state index contributed by atoms with van der Waals surface area (Å²) in [4.78, 5) is 0. The summed E-state index contributed by atoms with van der Waals surface area (Å²) in [5.41, 5.74) is 1.18. The average Bonchev–Trinajstić information content (AvgIpc) is 2.55. The van der Waals surface area contributed by atoms with Crippen LogP contribution in [0.25, 0.3) is 0 Å². The van der Waals surface area contributed by atoms with E-state index in [9.17, 15) is 20.4 Å². The van der Waals surface area contributed by atoms with E-state index < -0.39 is 0 Å². The molecule has 7 heteroatoms. The highest BCUT2D eigenvalue weighted by atomic mass is 32.1. The molecule has 0 bridgehead atoms. The minimum atomic E-state index is -0.149. The SMILES string of the molecule is Cc1cc(O)ccc1OCC(=S)O/C=C(\O)Cc1ccc(O)cc1O. The third kappa shape index (κ3) is 5.58. The molecule has 0 aliphatic carbocycles. The van der Waals surface area contributed by atoms with Crippen LogP contribution >= 0.6 is 12.2 Å². The highest BCUT2D eigenvalue weighted by Gasteiger charge is 2.07. The monoisotopic (exact) mass is 362 g/mol. The van der Waals surface area contributed by atoms with Crippen molar-refractivity contribution in [2.45, 2.75) is 13.3 Å². The third-order valence-electron chi connectivity index (χ3n) is 3.27. The largest absolute Gasteiger partial charge is 0.509 e. The summed E-state index contributed by atoms with van der Waals surface area (Å²) < 4.78 is 10.6. The fourth-order valence-electron chi connectivity index (χ4n) is 2.04. The van der Waals surface area contributed by atoms with Crippen molar-refractivity contribution >= 4 is 17.3 Å². The van der Waals surface area contributed by atoms with E-state index in [0.29, 0.717) is 11.3 Å². The van der Waals surface area contributed by atoms with Crippen LogP contribution in [0.5, 0.6) is 23.0 Å². The second-order valence-electron chi connectivity index (χ2n) is 5.33. The minimum Gasteiger partial charge on any atom is -0.509 e. The lowest BCUT2D eigenvalue weighted by Crippen LogP contribution is -2.11. The van der Waals surface area contributed by atoms with E-state index in [2.05, 4.69) is 0 Å². The second-order valence-corrected chi connectivity index (χ2v) is 5.78. The quantitative estimate of drug-likeness (QED) is 0.461. The van der Waals surface area contributed by atoms with Gasteiger partial charge in [-0.25, -0.2) is 0 Å². The summed E-state index contributed by atoms with van der Waals surface area (Å²) in [5.74, 6) is 0.363. The van der Waals surface area contributed by atoms with Crippen LogP contribution in [0.1, 0.15) is 11.1 Å². The Morgan fingerprint density at radius 3 is 2.44 bits per heavy atom. The van der Waals surface area contributed by atoms with Gasteiger partial charge in [0, 0.05) is 18.1 Å². The zero-order valence-electron chi connectivity index (χ0n) is 13.5. The van der Waals surface area contributed by atoms with Crippen LogP contribution in [0.3, 0.4) is 0 Å². The van der Waals surface area contributed by atoms with Crippen LogP contribution in [0.2, 0.25) is 0 Å². The van der Waals surface area contributed by atoms with Gasteiger partial charge < -0.3 is 29.9 Å². The molecule has 0 heterocycles. The summed E-state index contributed by atoms with van der Waals surface area (Å²) in [5, 5.41) is 38.2. The Kier molecular flexibility index (Phi) is 6.08. The molecule has 0 radical (unpaired) electrons. The predicted octanol–water partition coefficient (Wildman–Crippen LogP) is 3.48. The standard InChI is InChI=1S/C18H18O6S/c1-11-6-13(19)4-5-17(11)23-10-18(25)24-9-15(21)7-12-2-3-14(20)8-16(12)22/h2-6,8-9,19-22H,7,10H2,1H3/b15-9-. The number of aliphatic hydroxyl groups excluding tert-OH is 1. The minimum absolute atomic E-state index is 0.00477. The molecule has 0 aliphatic heterocycles. The Bertz CT molecular complexity index is 800. The van der Waals surface area contributed by atoms with Crippen molar-refractivity contribution in [3.8, 4) is 23.0 Å². The second kappa shape index (κ2) is 8.25. The van der Waals surface area contributed by atoms with E-state index in [1.165, 1.54) is 24.3 Å². The van der Waals surface area contributed by atoms with Crippen molar-refractivity contribution < 1.29 is 29.9 Å². The van der Waals surface area contributed by atoms with Gasteiger partial charge in [0.2, 0.25) is 5.05 Å². The molecule has 0 amide bonds. The summed E-state index contributed by atoms with van der Waals surface area (Å²) in [6.45, 7) is 1.78. The van der Waals surface area contributed by atoms with Crippen LogP contribution < -0.4 is 4.74 Å². The number of benzene rings is 2. The predicted molar refractivity (Wildman–Crippen MR) is 96.2 cm³/mol. The molecule has 0 spiro atoms. The van der Waals surface area contributed by atoms with E-state index in [0.717, 1.165) is 11.8 Å². The van der Waals surface area contributed by atoms with Crippen molar-refractivity contribution in [3.05, 3.63) is 59.5 Å². The molecule has 0 saturated carbocycles. The summed E-state index contributed by atoms with van der Waals surface area (Å²) >= 11 is 5.01. The Morgan fingerprint density at radius 1 is 1.08 bits per heavy atom. The number of ether oxygens (including phenoxy) is 2. The molecule has 2 aromatic carbocycles. The van der Waals surface area contributed by atoms with Gasteiger partial charge in [0.25, 0.3) is 0 Å². The highest BCUT2D eigenvalue weighted by molar-refractivity contribution is 7.80. The normalized spacial score (nSPS) is 11.2.